The lowest BCUT2D eigenvalue weighted by atomic mass is 9.83. The molecule has 4 heteroatoms. The third kappa shape index (κ3) is 4.45. The van der Waals surface area contributed by atoms with E-state index in [2.05, 4.69) is 31.0 Å². The van der Waals surface area contributed by atoms with Gasteiger partial charge < -0.3 is 11.1 Å². The summed E-state index contributed by atoms with van der Waals surface area (Å²) in [4.78, 5) is 14.7. The highest BCUT2D eigenvalue weighted by Crippen LogP contribution is 2.29. The Bertz CT molecular complexity index is 295. The summed E-state index contributed by atoms with van der Waals surface area (Å²) in [5.74, 6) is 0.699. The molecule has 0 aromatic rings. The van der Waals surface area contributed by atoms with Gasteiger partial charge in [0.2, 0.25) is 5.91 Å². The van der Waals surface area contributed by atoms with E-state index in [0.29, 0.717) is 12.0 Å². The molecular formula is C16H33N3O. The van der Waals surface area contributed by atoms with Gasteiger partial charge in [-0.2, -0.15) is 0 Å². The Morgan fingerprint density at radius 3 is 2.50 bits per heavy atom. The van der Waals surface area contributed by atoms with Crippen LogP contribution in [0.5, 0.6) is 0 Å². The summed E-state index contributed by atoms with van der Waals surface area (Å²) in [6.07, 6.45) is 5.90. The van der Waals surface area contributed by atoms with Crippen molar-refractivity contribution in [2.24, 2.45) is 11.7 Å². The molecule has 1 aliphatic carbocycles. The lowest BCUT2D eigenvalue weighted by molar-refractivity contribution is -0.128. The normalized spacial score (nSPS) is 26.3. The van der Waals surface area contributed by atoms with Crippen LogP contribution < -0.4 is 11.1 Å². The number of carbonyl (C=O) groups excluding carboxylic acids is 1. The second-order valence-corrected chi connectivity index (χ2v) is 6.17. The average molecular weight is 283 g/mol. The van der Waals surface area contributed by atoms with Gasteiger partial charge in [0.1, 0.15) is 0 Å². The molecule has 1 amide bonds. The maximum atomic E-state index is 12.4. The Hall–Kier alpha value is -0.610. The first-order chi connectivity index (χ1) is 9.54. The largest absolute Gasteiger partial charge is 0.352 e. The van der Waals surface area contributed by atoms with Gasteiger partial charge in [0.25, 0.3) is 0 Å². The quantitative estimate of drug-likeness (QED) is 0.752. The van der Waals surface area contributed by atoms with E-state index >= 15 is 0 Å². The van der Waals surface area contributed by atoms with Crippen LogP contribution in [0.3, 0.4) is 0 Å². The molecule has 1 rings (SSSR count). The van der Waals surface area contributed by atoms with Gasteiger partial charge in [-0.05, 0) is 52.1 Å². The van der Waals surface area contributed by atoms with Crippen LogP contribution in [0.15, 0.2) is 0 Å². The van der Waals surface area contributed by atoms with Gasteiger partial charge in [-0.3, -0.25) is 9.69 Å². The highest BCUT2D eigenvalue weighted by Gasteiger charge is 2.33. The molecule has 1 fully saturated rings. The van der Waals surface area contributed by atoms with E-state index in [0.717, 1.165) is 19.5 Å². The minimum atomic E-state index is -0.0638. The van der Waals surface area contributed by atoms with E-state index < -0.39 is 0 Å². The maximum Gasteiger partial charge on any atom is 0.237 e. The summed E-state index contributed by atoms with van der Waals surface area (Å²) in [5, 5.41) is 3.10. The number of nitrogens with zero attached hydrogens (tertiary/aromatic N) is 1. The standard InChI is InChI=1S/C16H33N3O/c1-5-12(3)18-16(20)13(4)19(6-2)15-10-8-7-9-14(15)11-17/h12-15H,5-11,17H2,1-4H3,(H,18,20). The predicted molar refractivity (Wildman–Crippen MR) is 84.5 cm³/mol. The number of likely N-dealkylation sites (N-methyl/N-ethyl adjacent to an activating group) is 1. The Balaban J connectivity index is 2.69. The smallest absolute Gasteiger partial charge is 0.237 e. The number of hydrogen-bond acceptors (Lipinski definition) is 3. The van der Waals surface area contributed by atoms with Crippen molar-refractivity contribution in [1.29, 1.82) is 0 Å². The molecule has 0 aliphatic heterocycles. The van der Waals surface area contributed by atoms with Gasteiger partial charge in [0.15, 0.2) is 0 Å². The van der Waals surface area contributed by atoms with Crippen LogP contribution in [0.2, 0.25) is 0 Å². The summed E-state index contributed by atoms with van der Waals surface area (Å²) in [6, 6.07) is 0.655. The van der Waals surface area contributed by atoms with E-state index in [9.17, 15) is 4.79 Å². The minimum Gasteiger partial charge on any atom is -0.352 e. The fraction of sp³-hybridized carbons (Fsp3) is 0.938. The highest BCUT2D eigenvalue weighted by atomic mass is 16.2. The summed E-state index contributed by atoms with van der Waals surface area (Å²) in [6.45, 7) is 9.98. The zero-order valence-corrected chi connectivity index (χ0v) is 13.7. The first kappa shape index (κ1) is 17.4. The van der Waals surface area contributed by atoms with Crippen molar-refractivity contribution in [3.8, 4) is 0 Å². The molecule has 0 bridgehead atoms. The van der Waals surface area contributed by atoms with E-state index in [1.54, 1.807) is 0 Å². The summed E-state index contributed by atoms with van der Waals surface area (Å²) in [5.41, 5.74) is 5.94. The van der Waals surface area contributed by atoms with Crippen molar-refractivity contribution in [2.75, 3.05) is 13.1 Å². The molecule has 0 saturated heterocycles. The molecule has 1 aliphatic rings. The van der Waals surface area contributed by atoms with Crippen molar-refractivity contribution >= 4 is 5.91 Å². The van der Waals surface area contributed by atoms with Crippen molar-refractivity contribution in [3.05, 3.63) is 0 Å². The number of carbonyl (C=O) groups is 1. The van der Waals surface area contributed by atoms with Crippen molar-refractivity contribution in [2.45, 2.75) is 77.9 Å². The van der Waals surface area contributed by atoms with Crippen LogP contribution in [0.1, 0.15) is 59.8 Å². The van der Waals surface area contributed by atoms with Crippen molar-refractivity contribution in [1.82, 2.24) is 10.2 Å². The second-order valence-electron chi connectivity index (χ2n) is 6.17. The fourth-order valence-electron chi connectivity index (χ4n) is 3.31. The van der Waals surface area contributed by atoms with Crippen LogP contribution in [0, 0.1) is 5.92 Å². The SMILES string of the molecule is CCC(C)NC(=O)C(C)N(CC)C1CCCCC1CN. The van der Waals surface area contributed by atoms with E-state index in [1.165, 1.54) is 25.7 Å². The molecule has 0 spiro atoms. The number of nitrogens with two attached hydrogens (primary N) is 1. The predicted octanol–water partition coefficient (Wildman–Crippen LogP) is 2.13. The fourth-order valence-corrected chi connectivity index (χ4v) is 3.31. The Kier molecular flexibility index (Phi) is 7.52. The van der Waals surface area contributed by atoms with Crippen LogP contribution >= 0.6 is 0 Å². The second kappa shape index (κ2) is 8.63. The van der Waals surface area contributed by atoms with Crippen LogP contribution in [-0.2, 0) is 4.79 Å². The van der Waals surface area contributed by atoms with Gasteiger partial charge in [-0.25, -0.2) is 0 Å². The molecule has 0 radical (unpaired) electrons. The van der Waals surface area contributed by atoms with Gasteiger partial charge >= 0.3 is 0 Å². The molecule has 4 nitrogen and oxygen atoms in total. The third-order valence-electron chi connectivity index (χ3n) is 4.84. The summed E-state index contributed by atoms with van der Waals surface area (Å²) < 4.78 is 0. The number of rotatable bonds is 7. The molecule has 0 aromatic carbocycles. The van der Waals surface area contributed by atoms with Crippen LogP contribution in [0.4, 0.5) is 0 Å². The van der Waals surface area contributed by atoms with Gasteiger partial charge in [0, 0.05) is 12.1 Å². The summed E-state index contributed by atoms with van der Waals surface area (Å²) in [7, 11) is 0. The zero-order valence-electron chi connectivity index (χ0n) is 13.7. The molecule has 4 atom stereocenters. The zero-order chi connectivity index (χ0) is 15.1. The van der Waals surface area contributed by atoms with E-state index in [1.807, 2.05) is 6.92 Å². The Labute approximate surface area is 124 Å². The molecule has 3 N–H and O–H groups in total. The number of nitrogens with one attached hydrogen (secondary N) is 1. The van der Waals surface area contributed by atoms with E-state index in [-0.39, 0.29) is 18.0 Å². The monoisotopic (exact) mass is 283 g/mol. The lowest BCUT2D eigenvalue weighted by Gasteiger charge is -2.42. The highest BCUT2D eigenvalue weighted by molar-refractivity contribution is 5.81. The molecular weight excluding hydrogens is 250 g/mol. The molecule has 1 saturated carbocycles. The molecule has 20 heavy (non-hydrogen) atoms. The van der Waals surface area contributed by atoms with Crippen molar-refractivity contribution in [3.63, 3.8) is 0 Å². The lowest BCUT2D eigenvalue weighted by Crippen LogP contribution is -2.54. The maximum absolute atomic E-state index is 12.4. The molecule has 0 heterocycles. The third-order valence-corrected chi connectivity index (χ3v) is 4.84. The minimum absolute atomic E-state index is 0.0638. The molecule has 118 valence electrons. The summed E-state index contributed by atoms with van der Waals surface area (Å²) >= 11 is 0. The van der Waals surface area contributed by atoms with Crippen LogP contribution in [0.25, 0.3) is 0 Å². The van der Waals surface area contributed by atoms with Gasteiger partial charge in [0.05, 0.1) is 6.04 Å². The average Bonchev–Trinajstić information content (AvgIpc) is 2.48. The Morgan fingerprint density at radius 2 is 1.95 bits per heavy atom. The molecule has 0 aromatic heterocycles. The Morgan fingerprint density at radius 1 is 1.30 bits per heavy atom. The molecule has 4 unspecified atom stereocenters. The number of hydrogen-bond donors (Lipinski definition) is 2. The van der Waals surface area contributed by atoms with Gasteiger partial charge in [-0.15, -0.1) is 0 Å². The van der Waals surface area contributed by atoms with E-state index in [4.69, 9.17) is 5.73 Å². The topological polar surface area (TPSA) is 58.4 Å². The van der Waals surface area contributed by atoms with Crippen molar-refractivity contribution < 1.29 is 4.79 Å². The number of amides is 1. The first-order valence-electron chi connectivity index (χ1n) is 8.31. The first-order valence-corrected chi connectivity index (χ1v) is 8.31. The van der Waals surface area contributed by atoms with Crippen LogP contribution in [-0.4, -0.2) is 42.0 Å². The van der Waals surface area contributed by atoms with Gasteiger partial charge in [-0.1, -0.05) is 26.7 Å².